The van der Waals surface area contributed by atoms with Crippen LogP contribution in [0.4, 0.5) is 4.39 Å². The van der Waals surface area contributed by atoms with Crippen molar-refractivity contribution in [2.75, 3.05) is 7.11 Å². The molecule has 3 rings (SSSR count). The molecule has 0 spiro atoms. The molecule has 29 heavy (non-hydrogen) atoms. The van der Waals surface area contributed by atoms with Crippen molar-refractivity contribution in [3.63, 3.8) is 0 Å². The van der Waals surface area contributed by atoms with E-state index in [4.69, 9.17) is 44.3 Å². The highest BCUT2D eigenvalue weighted by atomic mass is 35.5. The van der Waals surface area contributed by atoms with Gasteiger partial charge in [0.25, 0.3) is 0 Å². The Labute approximate surface area is 184 Å². The van der Waals surface area contributed by atoms with Crippen LogP contribution in [0, 0.1) is 5.82 Å². The van der Waals surface area contributed by atoms with Gasteiger partial charge < -0.3 is 14.8 Å². The Balaban J connectivity index is 1.67. The molecule has 0 atom stereocenters. The normalized spacial score (nSPS) is 10.8. The molecule has 3 aromatic rings. The summed E-state index contributed by atoms with van der Waals surface area (Å²) in [7, 11) is 1.56. The molecule has 3 nitrogen and oxygen atoms in total. The van der Waals surface area contributed by atoms with Crippen LogP contribution in [0.1, 0.15) is 16.7 Å². The zero-order chi connectivity index (χ0) is 20.8. The fourth-order valence-electron chi connectivity index (χ4n) is 2.75. The van der Waals surface area contributed by atoms with E-state index in [0.29, 0.717) is 45.2 Å². The molecule has 0 aromatic heterocycles. The van der Waals surface area contributed by atoms with Crippen molar-refractivity contribution in [3.8, 4) is 11.5 Å². The molecule has 0 fully saturated rings. The van der Waals surface area contributed by atoms with Crippen LogP contribution in [0.25, 0.3) is 0 Å². The van der Waals surface area contributed by atoms with Crippen LogP contribution in [0.5, 0.6) is 11.5 Å². The van der Waals surface area contributed by atoms with E-state index in [0.717, 1.165) is 11.1 Å². The molecule has 1 N–H and O–H groups in total. The summed E-state index contributed by atoms with van der Waals surface area (Å²) < 4.78 is 24.4. The smallest absolute Gasteiger partial charge is 0.163 e. The predicted octanol–water partition coefficient (Wildman–Crippen LogP) is 6.66. The maximum absolute atomic E-state index is 13.2. The van der Waals surface area contributed by atoms with Crippen molar-refractivity contribution in [2.24, 2.45) is 0 Å². The summed E-state index contributed by atoms with van der Waals surface area (Å²) in [5.74, 6) is 0.628. The van der Waals surface area contributed by atoms with Gasteiger partial charge >= 0.3 is 0 Å². The van der Waals surface area contributed by atoms with Crippen molar-refractivity contribution in [1.29, 1.82) is 0 Å². The Bertz CT molecular complexity index is 998. The number of benzene rings is 3. The van der Waals surface area contributed by atoms with Gasteiger partial charge in [-0.2, -0.15) is 0 Å². The zero-order valence-corrected chi connectivity index (χ0v) is 17.9. The molecule has 0 heterocycles. The molecule has 0 aliphatic carbocycles. The number of nitrogens with one attached hydrogen (secondary N) is 1. The van der Waals surface area contributed by atoms with Crippen molar-refractivity contribution >= 4 is 34.8 Å². The SMILES string of the molecule is COc1cc(CNCc2ccccc2Cl)c(Cl)cc1OCc1ccc(F)cc1Cl. The van der Waals surface area contributed by atoms with Crippen molar-refractivity contribution in [1.82, 2.24) is 5.32 Å². The molecule has 3 aromatic carbocycles. The molecule has 0 bridgehead atoms. The van der Waals surface area contributed by atoms with Crippen LogP contribution in [-0.2, 0) is 19.7 Å². The third kappa shape index (κ3) is 5.77. The van der Waals surface area contributed by atoms with Gasteiger partial charge in [-0.1, -0.05) is 59.1 Å². The summed E-state index contributed by atoms with van der Waals surface area (Å²) >= 11 is 18.7. The molecule has 0 aliphatic rings. The first-order chi connectivity index (χ1) is 14.0. The van der Waals surface area contributed by atoms with Gasteiger partial charge in [-0.15, -0.1) is 0 Å². The van der Waals surface area contributed by atoms with Crippen molar-refractivity contribution in [3.05, 3.63) is 92.2 Å². The van der Waals surface area contributed by atoms with Gasteiger partial charge in [-0.3, -0.25) is 0 Å². The minimum Gasteiger partial charge on any atom is -0.493 e. The van der Waals surface area contributed by atoms with Crippen molar-refractivity contribution < 1.29 is 13.9 Å². The Kier molecular flexibility index (Phi) is 7.62. The van der Waals surface area contributed by atoms with E-state index in [9.17, 15) is 4.39 Å². The minimum atomic E-state index is -0.395. The Morgan fingerprint density at radius 2 is 1.52 bits per heavy atom. The van der Waals surface area contributed by atoms with Crippen LogP contribution in [-0.4, -0.2) is 7.11 Å². The first-order valence-corrected chi connectivity index (χ1v) is 9.98. The number of halogens is 4. The zero-order valence-electron chi connectivity index (χ0n) is 15.6. The highest BCUT2D eigenvalue weighted by Crippen LogP contribution is 2.34. The highest BCUT2D eigenvalue weighted by Gasteiger charge is 2.12. The second kappa shape index (κ2) is 10.2. The summed E-state index contributed by atoms with van der Waals surface area (Å²) in [5.41, 5.74) is 2.54. The lowest BCUT2D eigenvalue weighted by Crippen LogP contribution is -2.13. The summed E-state index contributed by atoms with van der Waals surface area (Å²) in [4.78, 5) is 0. The quantitative estimate of drug-likeness (QED) is 0.412. The number of ether oxygens (including phenoxy) is 2. The van der Waals surface area contributed by atoms with E-state index in [2.05, 4.69) is 5.32 Å². The first-order valence-electron chi connectivity index (χ1n) is 8.85. The Hall–Kier alpha value is -1.98. The fraction of sp³-hybridized carbons (Fsp3) is 0.182. The molecule has 0 saturated heterocycles. The lowest BCUT2D eigenvalue weighted by atomic mass is 10.1. The van der Waals surface area contributed by atoms with E-state index < -0.39 is 5.82 Å². The number of rotatable bonds is 8. The third-order valence-electron chi connectivity index (χ3n) is 4.32. The van der Waals surface area contributed by atoms with Gasteiger partial charge in [-0.05, 0) is 35.4 Å². The standard InChI is InChI=1S/C22H19Cl3FNO2/c1-28-21-8-16(12-27-11-14-4-2-3-5-18(14)23)20(25)10-22(21)29-13-15-6-7-17(26)9-19(15)24/h2-10,27H,11-13H2,1H3. The topological polar surface area (TPSA) is 30.5 Å². The lowest BCUT2D eigenvalue weighted by molar-refractivity contribution is 0.284. The number of hydrogen-bond acceptors (Lipinski definition) is 3. The second-order valence-corrected chi connectivity index (χ2v) is 7.54. The van der Waals surface area contributed by atoms with Gasteiger partial charge in [0.15, 0.2) is 11.5 Å². The van der Waals surface area contributed by atoms with Gasteiger partial charge in [0.2, 0.25) is 0 Å². The summed E-state index contributed by atoms with van der Waals surface area (Å²) in [6, 6.07) is 15.3. The van der Waals surface area contributed by atoms with E-state index >= 15 is 0 Å². The molecule has 0 unspecified atom stereocenters. The summed E-state index contributed by atoms with van der Waals surface area (Å²) in [6.45, 7) is 1.31. The van der Waals surface area contributed by atoms with Crippen LogP contribution >= 0.6 is 34.8 Å². The van der Waals surface area contributed by atoms with Crippen LogP contribution < -0.4 is 14.8 Å². The van der Waals surface area contributed by atoms with Gasteiger partial charge in [0.1, 0.15) is 12.4 Å². The highest BCUT2D eigenvalue weighted by molar-refractivity contribution is 6.32. The molecular weight excluding hydrogens is 436 g/mol. The Morgan fingerprint density at radius 3 is 2.24 bits per heavy atom. The summed E-state index contributed by atoms with van der Waals surface area (Å²) in [5, 5.41) is 4.88. The van der Waals surface area contributed by atoms with E-state index in [-0.39, 0.29) is 6.61 Å². The average Bonchev–Trinajstić information content (AvgIpc) is 2.70. The maximum atomic E-state index is 13.2. The van der Waals surface area contributed by atoms with Crippen molar-refractivity contribution in [2.45, 2.75) is 19.7 Å². The predicted molar refractivity (Wildman–Crippen MR) is 116 cm³/mol. The molecular formula is C22H19Cl3FNO2. The molecule has 7 heteroatoms. The van der Waals surface area contributed by atoms with Crippen LogP contribution in [0.3, 0.4) is 0 Å². The molecule has 0 saturated carbocycles. The summed E-state index contributed by atoms with van der Waals surface area (Å²) in [6.07, 6.45) is 0. The van der Waals surface area contributed by atoms with Crippen LogP contribution in [0.2, 0.25) is 15.1 Å². The minimum absolute atomic E-state index is 0.163. The second-order valence-electron chi connectivity index (χ2n) is 6.31. The van der Waals surface area contributed by atoms with E-state index in [1.54, 1.807) is 19.2 Å². The van der Waals surface area contributed by atoms with Gasteiger partial charge in [0, 0.05) is 34.8 Å². The molecule has 152 valence electrons. The average molecular weight is 455 g/mol. The maximum Gasteiger partial charge on any atom is 0.163 e. The third-order valence-corrected chi connectivity index (χ3v) is 5.39. The number of hydrogen-bond donors (Lipinski definition) is 1. The lowest BCUT2D eigenvalue weighted by Gasteiger charge is -2.15. The molecule has 0 aliphatic heterocycles. The van der Waals surface area contributed by atoms with Gasteiger partial charge in [-0.25, -0.2) is 4.39 Å². The van der Waals surface area contributed by atoms with E-state index in [1.165, 1.54) is 12.1 Å². The number of methoxy groups -OCH3 is 1. The van der Waals surface area contributed by atoms with E-state index in [1.807, 2.05) is 30.3 Å². The fourth-order valence-corrected chi connectivity index (χ4v) is 3.40. The Morgan fingerprint density at radius 1 is 0.793 bits per heavy atom. The van der Waals surface area contributed by atoms with Gasteiger partial charge in [0.05, 0.1) is 12.1 Å². The molecule has 0 amide bonds. The van der Waals surface area contributed by atoms with Crippen LogP contribution in [0.15, 0.2) is 54.6 Å². The largest absolute Gasteiger partial charge is 0.493 e. The first kappa shape index (κ1) is 21.7. The molecule has 0 radical (unpaired) electrons. The monoisotopic (exact) mass is 453 g/mol.